The zero-order chi connectivity index (χ0) is 17.9. The van der Waals surface area contributed by atoms with E-state index in [-0.39, 0.29) is 16.9 Å². The first kappa shape index (κ1) is 17.8. The maximum absolute atomic E-state index is 12.6. The molecule has 1 atom stereocenters. The summed E-state index contributed by atoms with van der Waals surface area (Å²) in [7, 11) is 0. The molecule has 0 aromatic carbocycles. The summed E-state index contributed by atoms with van der Waals surface area (Å²) in [5, 5.41) is 2.82. The second kappa shape index (κ2) is 7.45. The number of rotatable bonds is 5. The quantitative estimate of drug-likeness (QED) is 0.860. The van der Waals surface area contributed by atoms with Crippen LogP contribution in [0.5, 0.6) is 5.88 Å². The first-order valence-electron chi connectivity index (χ1n) is 7.58. The molecule has 1 fully saturated rings. The Kier molecular flexibility index (Phi) is 5.29. The van der Waals surface area contributed by atoms with Crippen LogP contribution in [0.3, 0.4) is 0 Å². The highest BCUT2D eigenvalue weighted by atomic mass is 35.5. The van der Waals surface area contributed by atoms with Crippen LogP contribution in [-0.4, -0.2) is 29.3 Å². The van der Waals surface area contributed by atoms with Gasteiger partial charge in [-0.05, 0) is 17.7 Å². The maximum atomic E-state index is 12.6. The zero-order valence-electron chi connectivity index (χ0n) is 13.0. The van der Waals surface area contributed by atoms with Crippen molar-refractivity contribution in [2.75, 3.05) is 18.5 Å². The van der Waals surface area contributed by atoms with Gasteiger partial charge in [-0.25, -0.2) is 9.97 Å². The van der Waals surface area contributed by atoms with Crippen LogP contribution in [-0.2, 0) is 17.5 Å². The van der Waals surface area contributed by atoms with Crippen molar-refractivity contribution in [3.63, 3.8) is 0 Å². The molecule has 1 aliphatic heterocycles. The van der Waals surface area contributed by atoms with E-state index in [1.54, 1.807) is 18.3 Å². The SMILES string of the molecule is FC(F)(F)c1cnc(NCc2ccnc(OC3CCOC3)c2)c(Cl)c1. The van der Waals surface area contributed by atoms with Gasteiger partial charge >= 0.3 is 6.18 Å². The minimum Gasteiger partial charge on any atom is -0.472 e. The molecule has 0 aliphatic carbocycles. The molecule has 3 rings (SSSR count). The standard InChI is InChI=1S/C16H15ClF3N3O2/c17-13-6-11(16(18,19)20)8-23-15(13)22-7-10-1-3-21-14(5-10)25-12-2-4-24-9-12/h1,3,5-6,8,12H,2,4,7,9H2,(H,22,23). The molecule has 5 nitrogen and oxygen atoms in total. The fourth-order valence-electron chi connectivity index (χ4n) is 2.31. The van der Waals surface area contributed by atoms with Crippen LogP contribution in [0.15, 0.2) is 30.6 Å². The summed E-state index contributed by atoms with van der Waals surface area (Å²) in [5.41, 5.74) is -0.0527. The van der Waals surface area contributed by atoms with Gasteiger partial charge in [-0.3, -0.25) is 0 Å². The van der Waals surface area contributed by atoms with Gasteiger partial charge in [0.25, 0.3) is 0 Å². The fourth-order valence-corrected chi connectivity index (χ4v) is 2.54. The molecule has 2 aromatic rings. The van der Waals surface area contributed by atoms with Crippen LogP contribution < -0.4 is 10.1 Å². The van der Waals surface area contributed by atoms with E-state index in [1.807, 2.05) is 0 Å². The number of hydrogen-bond donors (Lipinski definition) is 1. The molecule has 9 heteroatoms. The molecule has 1 unspecified atom stereocenters. The minimum absolute atomic E-state index is 0.0123. The highest BCUT2D eigenvalue weighted by Crippen LogP contribution is 2.32. The third-order valence-electron chi connectivity index (χ3n) is 3.60. The van der Waals surface area contributed by atoms with Crippen molar-refractivity contribution in [1.29, 1.82) is 0 Å². The molecular formula is C16H15ClF3N3O2. The lowest BCUT2D eigenvalue weighted by atomic mass is 10.2. The molecule has 0 bridgehead atoms. The van der Waals surface area contributed by atoms with Crippen molar-refractivity contribution in [1.82, 2.24) is 9.97 Å². The molecule has 2 aromatic heterocycles. The largest absolute Gasteiger partial charge is 0.472 e. The smallest absolute Gasteiger partial charge is 0.417 e. The number of aromatic nitrogens is 2. The van der Waals surface area contributed by atoms with E-state index in [0.29, 0.717) is 25.6 Å². The Morgan fingerprint density at radius 3 is 2.84 bits per heavy atom. The van der Waals surface area contributed by atoms with E-state index in [1.165, 1.54) is 0 Å². The lowest BCUT2D eigenvalue weighted by Gasteiger charge is -2.13. The second-order valence-electron chi connectivity index (χ2n) is 5.51. The molecule has 0 radical (unpaired) electrons. The summed E-state index contributed by atoms with van der Waals surface area (Å²) in [5.74, 6) is 0.652. The molecular weight excluding hydrogens is 359 g/mol. The first-order valence-corrected chi connectivity index (χ1v) is 7.95. The summed E-state index contributed by atoms with van der Waals surface area (Å²) in [4.78, 5) is 7.88. The van der Waals surface area contributed by atoms with Crippen LogP contribution in [0.1, 0.15) is 17.5 Å². The fraction of sp³-hybridized carbons (Fsp3) is 0.375. The van der Waals surface area contributed by atoms with Crippen molar-refractivity contribution >= 4 is 17.4 Å². The van der Waals surface area contributed by atoms with Gasteiger partial charge in [0.15, 0.2) is 0 Å². The topological polar surface area (TPSA) is 56.3 Å². The van der Waals surface area contributed by atoms with Gasteiger partial charge in [0, 0.05) is 31.4 Å². The van der Waals surface area contributed by atoms with Gasteiger partial charge in [0.2, 0.25) is 5.88 Å². The first-order chi connectivity index (χ1) is 11.9. The Hall–Kier alpha value is -2.06. The average Bonchev–Trinajstić information content (AvgIpc) is 3.06. The van der Waals surface area contributed by atoms with Gasteiger partial charge in [-0.1, -0.05) is 11.6 Å². The molecule has 25 heavy (non-hydrogen) atoms. The number of hydrogen-bond acceptors (Lipinski definition) is 5. The summed E-state index contributed by atoms with van der Waals surface area (Å²) < 4.78 is 48.8. The Balaban J connectivity index is 1.63. The lowest BCUT2D eigenvalue weighted by Crippen LogP contribution is -2.16. The van der Waals surface area contributed by atoms with Crippen LogP contribution in [0.25, 0.3) is 0 Å². The molecule has 0 saturated carbocycles. The predicted molar refractivity (Wildman–Crippen MR) is 85.7 cm³/mol. The van der Waals surface area contributed by atoms with Gasteiger partial charge < -0.3 is 14.8 Å². The summed E-state index contributed by atoms with van der Waals surface area (Å²) in [6.45, 7) is 1.53. The third-order valence-corrected chi connectivity index (χ3v) is 3.89. The molecule has 0 spiro atoms. The van der Waals surface area contributed by atoms with E-state index < -0.39 is 11.7 Å². The van der Waals surface area contributed by atoms with E-state index in [9.17, 15) is 13.2 Å². The van der Waals surface area contributed by atoms with E-state index in [0.717, 1.165) is 24.2 Å². The third kappa shape index (κ3) is 4.73. The number of alkyl halides is 3. The Morgan fingerprint density at radius 1 is 1.32 bits per heavy atom. The predicted octanol–water partition coefficient (Wildman–Crippen LogP) is 3.93. The highest BCUT2D eigenvalue weighted by Gasteiger charge is 2.31. The van der Waals surface area contributed by atoms with Crippen molar-refractivity contribution in [3.8, 4) is 5.88 Å². The Labute approximate surface area is 147 Å². The number of nitrogens with one attached hydrogen (secondary N) is 1. The van der Waals surface area contributed by atoms with E-state index in [2.05, 4.69) is 15.3 Å². The zero-order valence-corrected chi connectivity index (χ0v) is 13.8. The van der Waals surface area contributed by atoms with E-state index >= 15 is 0 Å². The maximum Gasteiger partial charge on any atom is 0.417 e. The summed E-state index contributed by atoms with van der Waals surface area (Å²) in [6.07, 6.45) is -1.33. The molecule has 3 heterocycles. The van der Waals surface area contributed by atoms with Gasteiger partial charge in [-0.15, -0.1) is 0 Å². The summed E-state index contributed by atoms with van der Waals surface area (Å²) in [6, 6.07) is 4.37. The number of anilines is 1. The molecule has 1 aliphatic rings. The van der Waals surface area contributed by atoms with Crippen LogP contribution in [0.4, 0.5) is 19.0 Å². The van der Waals surface area contributed by atoms with Crippen LogP contribution >= 0.6 is 11.6 Å². The minimum atomic E-state index is -4.48. The number of pyridine rings is 2. The van der Waals surface area contributed by atoms with Crippen LogP contribution in [0.2, 0.25) is 5.02 Å². The van der Waals surface area contributed by atoms with Gasteiger partial charge in [0.05, 0.1) is 23.8 Å². The summed E-state index contributed by atoms with van der Waals surface area (Å²) >= 11 is 5.87. The van der Waals surface area contributed by atoms with Crippen molar-refractivity contribution in [2.45, 2.75) is 25.2 Å². The van der Waals surface area contributed by atoms with Gasteiger partial charge in [-0.2, -0.15) is 13.2 Å². The molecule has 134 valence electrons. The normalized spacial score (nSPS) is 17.5. The number of ether oxygens (including phenoxy) is 2. The lowest BCUT2D eigenvalue weighted by molar-refractivity contribution is -0.137. The molecule has 1 saturated heterocycles. The Morgan fingerprint density at radius 2 is 2.16 bits per heavy atom. The van der Waals surface area contributed by atoms with E-state index in [4.69, 9.17) is 21.1 Å². The number of halogens is 4. The van der Waals surface area contributed by atoms with Crippen LogP contribution in [0, 0.1) is 0 Å². The number of nitrogens with zero attached hydrogens (tertiary/aromatic N) is 2. The van der Waals surface area contributed by atoms with Crippen molar-refractivity contribution in [3.05, 3.63) is 46.7 Å². The molecule has 0 amide bonds. The highest BCUT2D eigenvalue weighted by molar-refractivity contribution is 6.32. The molecule has 1 N–H and O–H groups in total. The second-order valence-corrected chi connectivity index (χ2v) is 5.92. The van der Waals surface area contributed by atoms with Crippen molar-refractivity contribution < 1.29 is 22.6 Å². The average molecular weight is 374 g/mol. The monoisotopic (exact) mass is 373 g/mol. The van der Waals surface area contributed by atoms with Gasteiger partial charge in [0.1, 0.15) is 11.9 Å². The Bertz CT molecular complexity index is 737. The van der Waals surface area contributed by atoms with Crippen molar-refractivity contribution in [2.24, 2.45) is 0 Å².